The van der Waals surface area contributed by atoms with Gasteiger partial charge >= 0.3 is 0 Å². The van der Waals surface area contributed by atoms with Gasteiger partial charge in [-0.3, -0.25) is 9.78 Å². The lowest BCUT2D eigenvalue weighted by molar-refractivity contribution is -0.118. The summed E-state index contributed by atoms with van der Waals surface area (Å²) in [4.78, 5) is 20.8. The van der Waals surface area contributed by atoms with Gasteiger partial charge in [-0.25, -0.2) is 4.99 Å². The first-order chi connectivity index (χ1) is 12.1. The monoisotopic (exact) mass is 351 g/mol. The van der Waals surface area contributed by atoms with Gasteiger partial charge in [0, 0.05) is 28.8 Å². The summed E-state index contributed by atoms with van der Waals surface area (Å²) < 4.78 is 5.48. The summed E-state index contributed by atoms with van der Waals surface area (Å²) in [6.07, 6.45) is 3.97. The maximum Gasteiger partial charge on any atom is 0.262 e. The molecule has 3 heterocycles. The second-order valence-electron chi connectivity index (χ2n) is 5.95. The van der Waals surface area contributed by atoms with Crippen molar-refractivity contribution in [2.45, 2.75) is 13.8 Å². The number of thioether (sulfide) groups is 1. The van der Waals surface area contributed by atoms with E-state index in [4.69, 9.17) is 9.73 Å². The topological polar surface area (TPSA) is 63.6 Å². The fraction of sp³-hybridized carbons (Fsp3) is 0.211. The zero-order valence-electron chi connectivity index (χ0n) is 14.0. The lowest BCUT2D eigenvalue weighted by atomic mass is 10.0. The molecule has 0 radical (unpaired) electrons. The average Bonchev–Trinajstić information content (AvgIpc) is 2.63. The van der Waals surface area contributed by atoms with Crippen LogP contribution in [0.25, 0.3) is 5.70 Å². The van der Waals surface area contributed by atoms with Crippen LogP contribution in [-0.4, -0.2) is 28.3 Å². The van der Waals surface area contributed by atoms with Crippen LogP contribution in [-0.2, 0) is 4.79 Å². The van der Waals surface area contributed by atoms with Crippen LogP contribution in [0.2, 0.25) is 0 Å². The Morgan fingerprint density at radius 2 is 2.08 bits per heavy atom. The van der Waals surface area contributed by atoms with Gasteiger partial charge in [-0.15, -0.1) is 11.8 Å². The number of hydrogen-bond donors (Lipinski definition) is 1. The number of hydrogen-bond acceptors (Lipinski definition) is 5. The van der Waals surface area contributed by atoms with Crippen molar-refractivity contribution in [2.24, 2.45) is 4.99 Å². The third-order valence-corrected chi connectivity index (χ3v) is 5.14. The molecule has 5 nitrogen and oxygen atoms in total. The minimum atomic E-state index is -0.129. The van der Waals surface area contributed by atoms with E-state index in [1.807, 2.05) is 44.3 Å². The number of carbonyl (C=O) groups is 1. The summed E-state index contributed by atoms with van der Waals surface area (Å²) in [6.45, 7) is 4.01. The number of aromatic nitrogens is 1. The molecule has 0 fully saturated rings. The van der Waals surface area contributed by atoms with Crippen LogP contribution in [0.15, 0.2) is 41.5 Å². The average molecular weight is 351 g/mol. The standard InChI is InChI=1S/C19H17N3O2S/c1-11-3-4-13(9-20-11)19-21-15(7-8-25-19)14-5-6-16-18(12(14)2)22-17(23)10-24-16/h3-7,9H,8,10H2,1-2H3,(H,22,23). The predicted octanol–water partition coefficient (Wildman–Crippen LogP) is 3.56. The van der Waals surface area contributed by atoms with Crippen LogP contribution in [0.5, 0.6) is 5.75 Å². The molecule has 2 aromatic rings. The fourth-order valence-corrected chi connectivity index (χ4v) is 3.71. The number of ether oxygens (including phenoxy) is 1. The highest BCUT2D eigenvalue weighted by Crippen LogP contribution is 2.37. The van der Waals surface area contributed by atoms with Gasteiger partial charge in [-0.05, 0) is 49.8 Å². The van der Waals surface area contributed by atoms with Crippen LogP contribution in [0, 0.1) is 13.8 Å². The number of fused-ring (bicyclic) bond motifs is 1. The van der Waals surface area contributed by atoms with Gasteiger partial charge in [0.2, 0.25) is 0 Å². The van der Waals surface area contributed by atoms with Crippen molar-refractivity contribution in [1.82, 2.24) is 4.98 Å². The molecule has 0 aliphatic carbocycles. The number of rotatable bonds is 2. The summed E-state index contributed by atoms with van der Waals surface area (Å²) in [5.74, 6) is 1.43. The SMILES string of the molecule is Cc1ccc(C2=NC(c3ccc4c(c3C)NC(=O)CO4)=CCS2)cn1. The Morgan fingerprint density at radius 3 is 2.88 bits per heavy atom. The van der Waals surface area contributed by atoms with Gasteiger partial charge in [0.1, 0.15) is 10.8 Å². The van der Waals surface area contributed by atoms with Crippen LogP contribution in [0.4, 0.5) is 5.69 Å². The third kappa shape index (κ3) is 3.05. The van der Waals surface area contributed by atoms with Crippen LogP contribution in [0.1, 0.15) is 22.4 Å². The Balaban J connectivity index is 1.72. The lowest BCUT2D eigenvalue weighted by Gasteiger charge is -2.22. The van der Waals surface area contributed by atoms with Crippen LogP contribution < -0.4 is 10.1 Å². The Labute approximate surface area is 150 Å². The second-order valence-corrected chi connectivity index (χ2v) is 6.96. The fourth-order valence-electron chi connectivity index (χ4n) is 2.86. The van der Waals surface area contributed by atoms with Crippen LogP contribution >= 0.6 is 11.8 Å². The number of carbonyl (C=O) groups excluding carboxylic acids is 1. The Morgan fingerprint density at radius 1 is 1.20 bits per heavy atom. The number of nitrogens with zero attached hydrogens (tertiary/aromatic N) is 2. The number of aryl methyl sites for hydroxylation is 1. The predicted molar refractivity (Wildman–Crippen MR) is 101 cm³/mol. The molecule has 6 heteroatoms. The number of pyridine rings is 1. The minimum absolute atomic E-state index is 0.0633. The molecule has 1 aromatic heterocycles. The van der Waals surface area contributed by atoms with Crippen molar-refractivity contribution in [3.63, 3.8) is 0 Å². The van der Waals surface area contributed by atoms with Crippen molar-refractivity contribution in [3.8, 4) is 5.75 Å². The number of benzene rings is 1. The molecule has 126 valence electrons. The van der Waals surface area contributed by atoms with Gasteiger partial charge < -0.3 is 10.1 Å². The van der Waals surface area contributed by atoms with Crippen molar-refractivity contribution in [3.05, 3.63) is 58.9 Å². The molecular formula is C19H17N3O2S. The van der Waals surface area contributed by atoms with E-state index in [-0.39, 0.29) is 12.5 Å². The summed E-state index contributed by atoms with van der Waals surface area (Å²) in [5.41, 5.74) is 5.63. The smallest absolute Gasteiger partial charge is 0.262 e. The van der Waals surface area contributed by atoms with Gasteiger partial charge in [-0.1, -0.05) is 0 Å². The first-order valence-corrected chi connectivity index (χ1v) is 9.01. The molecular weight excluding hydrogens is 334 g/mol. The molecule has 0 bridgehead atoms. The highest BCUT2D eigenvalue weighted by molar-refractivity contribution is 8.14. The van der Waals surface area contributed by atoms with E-state index in [9.17, 15) is 4.79 Å². The van der Waals surface area contributed by atoms with E-state index in [1.165, 1.54) is 0 Å². The summed E-state index contributed by atoms with van der Waals surface area (Å²) in [5, 5.41) is 3.86. The summed E-state index contributed by atoms with van der Waals surface area (Å²) in [7, 11) is 0. The number of nitrogens with one attached hydrogen (secondary N) is 1. The molecule has 0 saturated carbocycles. The molecule has 1 N–H and O–H groups in total. The van der Waals surface area contributed by atoms with E-state index in [1.54, 1.807) is 11.8 Å². The maximum atomic E-state index is 11.6. The molecule has 0 saturated heterocycles. The Bertz CT molecular complexity index is 917. The largest absolute Gasteiger partial charge is 0.482 e. The molecule has 25 heavy (non-hydrogen) atoms. The van der Waals surface area contributed by atoms with Gasteiger partial charge in [0.05, 0.1) is 11.4 Å². The van der Waals surface area contributed by atoms with Gasteiger partial charge in [0.25, 0.3) is 5.91 Å². The molecule has 1 aromatic carbocycles. The molecule has 0 atom stereocenters. The highest BCUT2D eigenvalue weighted by Gasteiger charge is 2.21. The molecule has 0 spiro atoms. The molecule has 0 unspecified atom stereocenters. The van der Waals surface area contributed by atoms with E-state index in [0.29, 0.717) is 5.75 Å². The quantitative estimate of drug-likeness (QED) is 0.898. The summed E-state index contributed by atoms with van der Waals surface area (Å²) in [6, 6.07) is 7.93. The molecule has 4 rings (SSSR count). The number of amides is 1. The van der Waals surface area contributed by atoms with Crippen molar-refractivity contribution >= 4 is 34.1 Å². The maximum absolute atomic E-state index is 11.6. The van der Waals surface area contributed by atoms with Crippen molar-refractivity contribution in [2.75, 3.05) is 17.7 Å². The first kappa shape index (κ1) is 15.9. The number of aliphatic imine (C=N–C) groups is 1. The Kier molecular flexibility index (Phi) is 4.05. The zero-order chi connectivity index (χ0) is 17.4. The zero-order valence-corrected chi connectivity index (χ0v) is 14.8. The van der Waals surface area contributed by atoms with Gasteiger partial charge in [0.15, 0.2) is 6.61 Å². The van der Waals surface area contributed by atoms with Gasteiger partial charge in [-0.2, -0.15) is 0 Å². The third-order valence-electron chi connectivity index (χ3n) is 4.20. The minimum Gasteiger partial charge on any atom is -0.482 e. The summed E-state index contributed by atoms with van der Waals surface area (Å²) >= 11 is 1.69. The van der Waals surface area contributed by atoms with E-state index in [0.717, 1.165) is 44.6 Å². The van der Waals surface area contributed by atoms with E-state index in [2.05, 4.69) is 16.4 Å². The first-order valence-electron chi connectivity index (χ1n) is 8.03. The molecule has 1 amide bonds. The highest BCUT2D eigenvalue weighted by atomic mass is 32.2. The van der Waals surface area contributed by atoms with Crippen molar-refractivity contribution in [1.29, 1.82) is 0 Å². The lowest BCUT2D eigenvalue weighted by Crippen LogP contribution is -2.26. The number of anilines is 1. The van der Waals surface area contributed by atoms with Crippen molar-refractivity contribution < 1.29 is 9.53 Å². The normalized spacial score (nSPS) is 16.3. The van der Waals surface area contributed by atoms with E-state index < -0.39 is 0 Å². The Hall–Kier alpha value is -2.60. The van der Waals surface area contributed by atoms with E-state index >= 15 is 0 Å². The van der Waals surface area contributed by atoms with Crippen LogP contribution in [0.3, 0.4) is 0 Å². The molecule has 2 aliphatic rings. The second kappa shape index (κ2) is 6.37. The molecule has 2 aliphatic heterocycles.